The van der Waals surface area contributed by atoms with Gasteiger partial charge >= 0.3 is 0 Å². The van der Waals surface area contributed by atoms with Crippen molar-refractivity contribution in [3.63, 3.8) is 0 Å². The largest absolute Gasteiger partial charge is 0.396 e. The maximum atomic E-state index is 10.7. The molecule has 0 heterocycles. The highest BCUT2D eigenvalue weighted by molar-refractivity contribution is 5.25. The number of aryl methyl sites for hydroxylation is 1. The standard InChI is InChI=1S/C25H44O5/c1-18-10-12-19(13-11-18)24(6,7)29-17-21(27)14-22(2,3)25(8,9)30-16-20(15-26)23(4,5)28/h10-13,20-21,26-28H,14-17H2,1-9H3. The Kier molecular flexibility index (Phi) is 9.10. The van der Waals surface area contributed by atoms with Crippen molar-refractivity contribution in [2.75, 3.05) is 19.8 Å². The molecular weight excluding hydrogens is 380 g/mol. The lowest BCUT2D eigenvalue weighted by molar-refractivity contribution is -0.151. The summed E-state index contributed by atoms with van der Waals surface area (Å²) in [6.45, 7) is 17.8. The van der Waals surface area contributed by atoms with E-state index in [2.05, 4.69) is 45.0 Å². The SMILES string of the molecule is Cc1ccc(C(C)(C)OCC(O)CC(C)(C)C(C)(C)OCC(CO)C(C)(C)O)cc1. The van der Waals surface area contributed by atoms with Crippen LogP contribution in [0.2, 0.25) is 0 Å². The molecule has 2 atom stereocenters. The molecule has 1 aromatic rings. The first-order chi connectivity index (χ1) is 13.5. The second-order valence-corrected chi connectivity index (χ2v) is 10.8. The van der Waals surface area contributed by atoms with E-state index in [1.807, 2.05) is 27.7 Å². The molecule has 5 nitrogen and oxygen atoms in total. The molecule has 0 saturated carbocycles. The quantitative estimate of drug-likeness (QED) is 0.469. The second-order valence-electron chi connectivity index (χ2n) is 10.8. The van der Waals surface area contributed by atoms with Gasteiger partial charge in [-0.2, -0.15) is 0 Å². The maximum Gasteiger partial charge on any atom is 0.0876 e. The van der Waals surface area contributed by atoms with Crippen LogP contribution in [0.15, 0.2) is 24.3 Å². The van der Waals surface area contributed by atoms with Gasteiger partial charge in [0, 0.05) is 5.92 Å². The van der Waals surface area contributed by atoms with Gasteiger partial charge in [-0.15, -0.1) is 0 Å². The summed E-state index contributed by atoms with van der Waals surface area (Å²) >= 11 is 0. The summed E-state index contributed by atoms with van der Waals surface area (Å²) in [4.78, 5) is 0. The monoisotopic (exact) mass is 424 g/mol. The van der Waals surface area contributed by atoms with Crippen LogP contribution in [0.5, 0.6) is 0 Å². The molecule has 1 rings (SSSR count). The van der Waals surface area contributed by atoms with Crippen LogP contribution in [0.25, 0.3) is 0 Å². The van der Waals surface area contributed by atoms with Crippen molar-refractivity contribution < 1.29 is 24.8 Å². The average molecular weight is 425 g/mol. The first kappa shape index (κ1) is 27.1. The van der Waals surface area contributed by atoms with Crippen molar-refractivity contribution in [3.05, 3.63) is 35.4 Å². The van der Waals surface area contributed by atoms with Crippen molar-refractivity contribution in [2.45, 2.75) is 91.6 Å². The summed E-state index contributed by atoms with van der Waals surface area (Å²) in [5.41, 5.74) is -0.172. The van der Waals surface area contributed by atoms with Crippen molar-refractivity contribution in [2.24, 2.45) is 11.3 Å². The lowest BCUT2D eigenvalue weighted by Gasteiger charge is -2.44. The van der Waals surface area contributed by atoms with Crippen molar-refractivity contribution in [1.82, 2.24) is 0 Å². The molecular formula is C25H44O5. The lowest BCUT2D eigenvalue weighted by Crippen LogP contribution is -2.47. The van der Waals surface area contributed by atoms with Gasteiger partial charge in [0.25, 0.3) is 0 Å². The third kappa shape index (κ3) is 7.61. The zero-order valence-corrected chi connectivity index (χ0v) is 20.5. The minimum Gasteiger partial charge on any atom is -0.396 e. The van der Waals surface area contributed by atoms with E-state index in [9.17, 15) is 15.3 Å². The fourth-order valence-electron chi connectivity index (χ4n) is 3.22. The predicted molar refractivity (Wildman–Crippen MR) is 121 cm³/mol. The van der Waals surface area contributed by atoms with E-state index in [1.165, 1.54) is 5.56 Å². The Morgan fingerprint density at radius 3 is 1.87 bits per heavy atom. The minimum absolute atomic E-state index is 0.148. The van der Waals surface area contributed by atoms with Gasteiger partial charge in [-0.05, 0) is 65.9 Å². The summed E-state index contributed by atoms with van der Waals surface area (Å²) in [6.07, 6.45) is -0.147. The normalized spacial score (nSPS) is 15.9. The Morgan fingerprint density at radius 1 is 0.867 bits per heavy atom. The van der Waals surface area contributed by atoms with E-state index in [0.29, 0.717) is 6.42 Å². The highest BCUT2D eigenvalue weighted by Crippen LogP contribution is 2.39. The fraction of sp³-hybridized carbons (Fsp3) is 0.760. The van der Waals surface area contributed by atoms with Gasteiger partial charge in [-0.3, -0.25) is 0 Å². The van der Waals surface area contributed by atoms with E-state index in [0.717, 1.165) is 5.56 Å². The first-order valence-corrected chi connectivity index (χ1v) is 10.9. The van der Waals surface area contributed by atoms with E-state index in [4.69, 9.17) is 9.47 Å². The summed E-state index contributed by atoms with van der Waals surface area (Å²) in [5.74, 6) is -0.379. The molecule has 0 saturated heterocycles. The van der Waals surface area contributed by atoms with Gasteiger partial charge in [0.2, 0.25) is 0 Å². The smallest absolute Gasteiger partial charge is 0.0876 e. The van der Waals surface area contributed by atoms with Crippen LogP contribution in [-0.4, -0.2) is 52.4 Å². The number of rotatable bonds is 12. The molecule has 0 aliphatic carbocycles. The van der Waals surface area contributed by atoms with Crippen LogP contribution in [-0.2, 0) is 15.1 Å². The minimum atomic E-state index is -1.02. The molecule has 2 unspecified atom stereocenters. The summed E-state index contributed by atoms with van der Waals surface area (Å²) in [5, 5.41) is 30.4. The van der Waals surface area contributed by atoms with E-state index >= 15 is 0 Å². The van der Waals surface area contributed by atoms with Crippen LogP contribution in [0.1, 0.15) is 72.9 Å². The molecule has 1 aromatic carbocycles. The van der Waals surface area contributed by atoms with Gasteiger partial charge in [-0.25, -0.2) is 0 Å². The second kappa shape index (κ2) is 10.1. The molecule has 0 spiro atoms. The van der Waals surface area contributed by atoms with E-state index < -0.39 is 22.9 Å². The molecule has 0 aromatic heterocycles. The molecule has 30 heavy (non-hydrogen) atoms. The molecule has 174 valence electrons. The molecule has 0 aliphatic heterocycles. The molecule has 0 fully saturated rings. The maximum absolute atomic E-state index is 10.7. The average Bonchev–Trinajstić information content (AvgIpc) is 2.59. The number of hydrogen-bond acceptors (Lipinski definition) is 5. The molecule has 0 radical (unpaired) electrons. The Labute approximate surface area is 183 Å². The third-order valence-corrected chi connectivity index (χ3v) is 6.62. The zero-order valence-electron chi connectivity index (χ0n) is 20.5. The lowest BCUT2D eigenvalue weighted by atomic mass is 9.73. The molecule has 0 bridgehead atoms. The van der Waals surface area contributed by atoms with E-state index in [-0.39, 0.29) is 31.2 Å². The number of hydrogen-bond donors (Lipinski definition) is 3. The van der Waals surface area contributed by atoms with Crippen LogP contribution < -0.4 is 0 Å². The number of ether oxygens (including phenoxy) is 2. The van der Waals surface area contributed by atoms with Crippen LogP contribution in [0.3, 0.4) is 0 Å². The summed E-state index contributed by atoms with van der Waals surface area (Å²) in [6, 6.07) is 8.24. The van der Waals surface area contributed by atoms with Gasteiger partial charge in [-0.1, -0.05) is 43.7 Å². The summed E-state index contributed by atoms with van der Waals surface area (Å²) < 4.78 is 12.2. The van der Waals surface area contributed by atoms with Gasteiger partial charge in [0.05, 0.1) is 42.7 Å². The first-order valence-electron chi connectivity index (χ1n) is 10.9. The fourth-order valence-corrected chi connectivity index (χ4v) is 3.22. The highest BCUT2D eigenvalue weighted by atomic mass is 16.5. The third-order valence-electron chi connectivity index (χ3n) is 6.62. The van der Waals surface area contributed by atoms with Crippen LogP contribution in [0, 0.1) is 18.3 Å². The number of aliphatic hydroxyl groups excluding tert-OH is 2. The number of aliphatic hydroxyl groups is 3. The van der Waals surface area contributed by atoms with Gasteiger partial charge in [0.1, 0.15) is 0 Å². The molecule has 0 amide bonds. The van der Waals surface area contributed by atoms with Gasteiger partial charge < -0.3 is 24.8 Å². The zero-order chi connectivity index (χ0) is 23.4. The highest BCUT2D eigenvalue weighted by Gasteiger charge is 2.41. The van der Waals surface area contributed by atoms with Crippen LogP contribution in [0.4, 0.5) is 0 Å². The molecule has 5 heteroatoms. The Bertz CT molecular complexity index is 640. The van der Waals surface area contributed by atoms with E-state index in [1.54, 1.807) is 13.8 Å². The predicted octanol–water partition coefficient (Wildman–Crippen LogP) is 4.20. The Hall–Kier alpha value is -0.980. The Morgan fingerprint density at radius 2 is 1.40 bits per heavy atom. The number of benzene rings is 1. The van der Waals surface area contributed by atoms with Crippen LogP contribution >= 0.6 is 0 Å². The molecule has 3 N–H and O–H groups in total. The topological polar surface area (TPSA) is 79.2 Å². The Balaban J connectivity index is 2.68. The van der Waals surface area contributed by atoms with Crippen molar-refractivity contribution >= 4 is 0 Å². The van der Waals surface area contributed by atoms with Gasteiger partial charge in [0.15, 0.2) is 0 Å². The van der Waals surface area contributed by atoms with Crippen molar-refractivity contribution in [3.8, 4) is 0 Å². The molecule has 0 aliphatic rings. The van der Waals surface area contributed by atoms with Crippen molar-refractivity contribution in [1.29, 1.82) is 0 Å². The summed E-state index contributed by atoms with van der Waals surface area (Å²) in [7, 11) is 0.